The van der Waals surface area contributed by atoms with Gasteiger partial charge in [-0.1, -0.05) is 12.1 Å². The lowest BCUT2D eigenvalue weighted by molar-refractivity contribution is 0.0703. The van der Waals surface area contributed by atoms with E-state index in [1.807, 2.05) is 38.1 Å². The fourth-order valence-electron chi connectivity index (χ4n) is 1.74. The fourth-order valence-corrected chi connectivity index (χ4v) is 2.58. The van der Waals surface area contributed by atoms with Gasteiger partial charge in [0.05, 0.1) is 11.8 Å². The first kappa shape index (κ1) is 13.4. The maximum absolute atomic E-state index is 11.0. The molecule has 0 fully saturated rings. The lowest BCUT2D eigenvalue weighted by Crippen LogP contribution is -2.05. The first-order valence-electron chi connectivity index (χ1n) is 5.86. The van der Waals surface area contributed by atoms with E-state index in [4.69, 9.17) is 15.6 Å². The smallest absolute Gasteiger partial charge is 0.348 e. The minimum absolute atomic E-state index is 0.121. The number of nitrogens with two attached hydrogens (primary N) is 1. The van der Waals surface area contributed by atoms with E-state index in [0.29, 0.717) is 5.69 Å². The molecule has 0 aliphatic rings. The number of anilines is 1. The Hall–Kier alpha value is -2.01. The first-order chi connectivity index (χ1) is 8.99. The van der Waals surface area contributed by atoms with E-state index < -0.39 is 5.97 Å². The van der Waals surface area contributed by atoms with Gasteiger partial charge in [-0.05, 0) is 31.5 Å². The van der Waals surface area contributed by atoms with E-state index >= 15 is 0 Å². The average Bonchev–Trinajstić information content (AvgIpc) is 2.71. The summed E-state index contributed by atoms with van der Waals surface area (Å²) in [6, 6.07) is 7.46. The van der Waals surface area contributed by atoms with Gasteiger partial charge in [0.1, 0.15) is 10.6 Å². The van der Waals surface area contributed by atoms with Crippen molar-refractivity contribution in [2.45, 2.75) is 20.0 Å². The first-order valence-corrected chi connectivity index (χ1v) is 6.74. The highest BCUT2D eigenvalue weighted by Crippen LogP contribution is 2.34. The summed E-state index contributed by atoms with van der Waals surface area (Å²) in [5.41, 5.74) is 7.80. The fraction of sp³-hybridized carbons (Fsp3) is 0.214. The number of thiophene rings is 1. The van der Waals surface area contributed by atoms with Gasteiger partial charge in [0.25, 0.3) is 0 Å². The van der Waals surface area contributed by atoms with Crippen molar-refractivity contribution in [2.24, 2.45) is 0 Å². The zero-order valence-electron chi connectivity index (χ0n) is 10.7. The van der Waals surface area contributed by atoms with Crippen LogP contribution in [0.25, 0.3) is 11.1 Å². The van der Waals surface area contributed by atoms with Gasteiger partial charge in [-0.2, -0.15) is 0 Å². The number of ether oxygens (including phenoxy) is 1. The Morgan fingerprint density at radius 3 is 2.42 bits per heavy atom. The molecule has 1 heterocycles. The second kappa shape index (κ2) is 5.32. The third-order valence-electron chi connectivity index (χ3n) is 2.56. The number of carbonyl (C=O) groups is 1. The molecule has 19 heavy (non-hydrogen) atoms. The summed E-state index contributed by atoms with van der Waals surface area (Å²) < 4.78 is 5.56. The number of carboxylic acids is 1. The van der Waals surface area contributed by atoms with Crippen LogP contribution < -0.4 is 10.5 Å². The molecule has 0 radical (unpaired) electrons. The van der Waals surface area contributed by atoms with Crippen LogP contribution in [-0.2, 0) is 0 Å². The predicted octanol–water partition coefficient (Wildman–Crippen LogP) is 3.48. The highest BCUT2D eigenvalue weighted by atomic mass is 32.1. The zero-order valence-corrected chi connectivity index (χ0v) is 11.5. The summed E-state index contributed by atoms with van der Waals surface area (Å²) in [7, 11) is 0. The molecule has 3 N–H and O–H groups in total. The largest absolute Gasteiger partial charge is 0.491 e. The number of carboxylic acid groups (broad SMARTS) is 1. The molecule has 0 aliphatic heterocycles. The highest BCUT2D eigenvalue weighted by Gasteiger charge is 2.15. The number of aromatic carboxylic acids is 1. The van der Waals surface area contributed by atoms with Crippen LogP contribution in [0, 0.1) is 0 Å². The second-order valence-corrected chi connectivity index (χ2v) is 5.27. The van der Waals surface area contributed by atoms with Crippen LogP contribution in [-0.4, -0.2) is 17.2 Å². The van der Waals surface area contributed by atoms with Crippen molar-refractivity contribution in [3.63, 3.8) is 0 Å². The molecule has 0 amide bonds. The topological polar surface area (TPSA) is 72.5 Å². The van der Waals surface area contributed by atoms with Gasteiger partial charge in [-0.25, -0.2) is 4.79 Å². The van der Waals surface area contributed by atoms with E-state index in [9.17, 15) is 4.79 Å². The molecule has 0 spiro atoms. The lowest BCUT2D eigenvalue weighted by atomic mass is 10.1. The van der Waals surface area contributed by atoms with E-state index in [1.165, 1.54) is 0 Å². The summed E-state index contributed by atoms with van der Waals surface area (Å²) >= 11 is 1.14. The monoisotopic (exact) mass is 277 g/mol. The van der Waals surface area contributed by atoms with Gasteiger partial charge >= 0.3 is 5.97 Å². The Labute approximate surface area is 115 Å². The van der Waals surface area contributed by atoms with Crippen LogP contribution in [0.15, 0.2) is 29.6 Å². The molecule has 1 aromatic carbocycles. The Kier molecular flexibility index (Phi) is 3.76. The summed E-state index contributed by atoms with van der Waals surface area (Å²) in [5.74, 6) is -0.209. The van der Waals surface area contributed by atoms with Crippen LogP contribution in [0.3, 0.4) is 0 Å². The SMILES string of the molecule is CC(C)Oc1ccc(-c2csc(C(=O)O)c2N)cc1. The average molecular weight is 277 g/mol. The van der Waals surface area contributed by atoms with Crippen LogP contribution in [0.1, 0.15) is 23.5 Å². The van der Waals surface area contributed by atoms with Gasteiger partial charge in [-0.15, -0.1) is 11.3 Å². The Balaban J connectivity index is 2.30. The number of hydrogen-bond donors (Lipinski definition) is 2. The summed E-state index contributed by atoms with van der Waals surface area (Å²) in [5, 5.41) is 10.7. The number of nitrogen functional groups attached to an aromatic ring is 1. The maximum Gasteiger partial charge on any atom is 0.348 e. The van der Waals surface area contributed by atoms with Crippen molar-refractivity contribution in [2.75, 3.05) is 5.73 Å². The molecule has 4 nitrogen and oxygen atoms in total. The van der Waals surface area contributed by atoms with E-state index in [0.717, 1.165) is 28.2 Å². The molecule has 0 aliphatic carbocycles. The molecule has 0 bridgehead atoms. The molecule has 0 saturated carbocycles. The minimum Gasteiger partial charge on any atom is -0.491 e. The van der Waals surface area contributed by atoms with Crippen LogP contribution >= 0.6 is 11.3 Å². The normalized spacial score (nSPS) is 10.7. The van der Waals surface area contributed by atoms with Crippen LogP contribution in [0.2, 0.25) is 0 Å². The van der Waals surface area contributed by atoms with Gasteiger partial charge < -0.3 is 15.6 Å². The molecular formula is C14H15NO3S. The third-order valence-corrected chi connectivity index (χ3v) is 3.54. The molecule has 0 unspecified atom stereocenters. The van der Waals surface area contributed by atoms with Crippen molar-refractivity contribution in [3.05, 3.63) is 34.5 Å². The van der Waals surface area contributed by atoms with Gasteiger partial charge in [-0.3, -0.25) is 0 Å². The van der Waals surface area contributed by atoms with Crippen molar-refractivity contribution in [1.82, 2.24) is 0 Å². The maximum atomic E-state index is 11.0. The Morgan fingerprint density at radius 2 is 1.95 bits per heavy atom. The highest BCUT2D eigenvalue weighted by molar-refractivity contribution is 7.13. The molecule has 0 atom stereocenters. The number of benzene rings is 1. The quantitative estimate of drug-likeness (QED) is 0.897. The van der Waals surface area contributed by atoms with E-state index in [2.05, 4.69) is 0 Å². The standard InChI is InChI=1S/C14H15NO3S/c1-8(2)18-10-5-3-9(4-6-10)11-7-19-13(12(11)15)14(16)17/h3-8H,15H2,1-2H3,(H,16,17). The molecule has 5 heteroatoms. The summed E-state index contributed by atoms with van der Waals surface area (Å²) in [6.45, 7) is 3.92. The van der Waals surface area contributed by atoms with Gasteiger partial charge in [0.15, 0.2) is 0 Å². The Bertz CT molecular complexity index is 587. The molecule has 2 aromatic rings. The van der Waals surface area contributed by atoms with Crippen molar-refractivity contribution in [3.8, 4) is 16.9 Å². The van der Waals surface area contributed by atoms with Gasteiger partial charge in [0.2, 0.25) is 0 Å². The van der Waals surface area contributed by atoms with Gasteiger partial charge in [0, 0.05) is 10.9 Å². The number of rotatable bonds is 4. The lowest BCUT2D eigenvalue weighted by Gasteiger charge is -2.10. The van der Waals surface area contributed by atoms with Crippen molar-refractivity contribution in [1.29, 1.82) is 0 Å². The van der Waals surface area contributed by atoms with E-state index in [-0.39, 0.29) is 11.0 Å². The molecular weight excluding hydrogens is 262 g/mol. The number of hydrogen-bond acceptors (Lipinski definition) is 4. The third kappa shape index (κ3) is 2.88. The van der Waals surface area contributed by atoms with E-state index in [1.54, 1.807) is 5.38 Å². The Morgan fingerprint density at radius 1 is 1.32 bits per heavy atom. The minimum atomic E-state index is -0.992. The summed E-state index contributed by atoms with van der Waals surface area (Å²) in [4.78, 5) is 11.1. The van der Waals surface area contributed by atoms with Crippen LogP contribution in [0.4, 0.5) is 5.69 Å². The molecule has 2 rings (SSSR count). The zero-order chi connectivity index (χ0) is 14.0. The van der Waals surface area contributed by atoms with Crippen LogP contribution in [0.5, 0.6) is 5.75 Å². The second-order valence-electron chi connectivity index (χ2n) is 4.39. The molecule has 0 saturated heterocycles. The van der Waals surface area contributed by atoms with Crippen molar-refractivity contribution >= 4 is 23.0 Å². The molecule has 100 valence electrons. The van der Waals surface area contributed by atoms with Crippen molar-refractivity contribution < 1.29 is 14.6 Å². The molecule has 1 aromatic heterocycles. The summed E-state index contributed by atoms with van der Waals surface area (Å²) in [6.07, 6.45) is 0.121. The predicted molar refractivity (Wildman–Crippen MR) is 76.9 cm³/mol.